The highest BCUT2D eigenvalue weighted by atomic mass is 15.3. The smallest absolute Gasteiger partial charge is 0.147 e. The largest absolute Gasteiger partial charge is 0.315 e. The molecule has 1 saturated heterocycles. The maximum atomic E-state index is 4.16. The van der Waals surface area contributed by atoms with Crippen molar-refractivity contribution in [3.63, 3.8) is 0 Å². The third kappa shape index (κ3) is 2.88. The molecule has 1 aromatic heterocycles. The van der Waals surface area contributed by atoms with Crippen molar-refractivity contribution in [1.29, 1.82) is 0 Å². The van der Waals surface area contributed by atoms with Crippen LogP contribution in [0.1, 0.15) is 12.2 Å². The highest BCUT2D eigenvalue weighted by molar-refractivity contribution is 4.90. The molecular formula is C12H22N6. The first-order valence-electron chi connectivity index (χ1n) is 6.94. The van der Waals surface area contributed by atoms with Gasteiger partial charge in [-0.15, -0.1) is 10.2 Å². The van der Waals surface area contributed by atoms with Gasteiger partial charge in [0, 0.05) is 39.3 Å². The van der Waals surface area contributed by atoms with Gasteiger partial charge in [0.15, 0.2) is 0 Å². The van der Waals surface area contributed by atoms with Crippen molar-refractivity contribution < 1.29 is 0 Å². The Balaban J connectivity index is 1.46. The van der Waals surface area contributed by atoms with E-state index >= 15 is 0 Å². The molecule has 6 nitrogen and oxygen atoms in total. The molecule has 6 heteroatoms. The lowest BCUT2D eigenvalue weighted by Gasteiger charge is -2.29. The molecule has 1 N–H and O–H groups in total. The molecule has 2 aliphatic heterocycles. The Morgan fingerprint density at radius 2 is 2.00 bits per heavy atom. The lowest BCUT2D eigenvalue weighted by molar-refractivity contribution is 0.178. The van der Waals surface area contributed by atoms with Crippen LogP contribution in [-0.2, 0) is 13.1 Å². The molecular weight excluding hydrogens is 228 g/mol. The van der Waals surface area contributed by atoms with Crippen LogP contribution in [0.15, 0.2) is 6.33 Å². The van der Waals surface area contributed by atoms with Crippen LogP contribution < -0.4 is 5.32 Å². The summed E-state index contributed by atoms with van der Waals surface area (Å²) in [5.74, 6) is 1.11. The average Bonchev–Trinajstić information content (AvgIpc) is 2.70. The number of hydrogen-bond donors (Lipinski definition) is 1. The van der Waals surface area contributed by atoms with E-state index in [2.05, 4.69) is 29.9 Å². The molecule has 0 aliphatic carbocycles. The highest BCUT2D eigenvalue weighted by Crippen LogP contribution is 2.08. The van der Waals surface area contributed by atoms with Crippen LogP contribution in [0.25, 0.3) is 0 Å². The second-order valence-corrected chi connectivity index (χ2v) is 5.16. The molecule has 0 unspecified atom stereocenters. The quantitative estimate of drug-likeness (QED) is 0.775. The molecule has 0 atom stereocenters. The van der Waals surface area contributed by atoms with Gasteiger partial charge >= 0.3 is 0 Å². The van der Waals surface area contributed by atoms with E-state index in [1.807, 2.05) is 6.33 Å². The zero-order valence-electron chi connectivity index (χ0n) is 10.9. The fraction of sp³-hybridized carbons (Fsp3) is 0.833. The van der Waals surface area contributed by atoms with Gasteiger partial charge in [0.2, 0.25) is 0 Å². The maximum Gasteiger partial charge on any atom is 0.147 e. The molecule has 3 heterocycles. The molecule has 1 aromatic rings. The number of nitrogens with one attached hydrogen (secondary N) is 1. The molecule has 3 rings (SSSR count). The van der Waals surface area contributed by atoms with E-state index in [1.165, 1.54) is 32.6 Å². The molecule has 100 valence electrons. The minimum absolute atomic E-state index is 0.950. The van der Waals surface area contributed by atoms with E-state index in [1.54, 1.807) is 0 Å². The van der Waals surface area contributed by atoms with Gasteiger partial charge in [-0.3, -0.25) is 4.90 Å². The van der Waals surface area contributed by atoms with E-state index < -0.39 is 0 Å². The van der Waals surface area contributed by atoms with Gasteiger partial charge < -0.3 is 14.8 Å². The Bertz CT molecular complexity index is 368. The summed E-state index contributed by atoms with van der Waals surface area (Å²) >= 11 is 0. The van der Waals surface area contributed by atoms with E-state index in [0.29, 0.717) is 0 Å². The van der Waals surface area contributed by atoms with Gasteiger partial charge in [-0.25, -0.2) is 0 Å². The van der Waals surface area contributed by atoms with Gasteiger partial charge in [-0.05, 0) is 19.5 Å². The molecule has 0 spiro atoms. The molecule has 0 radical (unpaired) electrons. The molecule has 18 heavy (non-hydrogen) atoms. The summed E-state index contributed by atoms with van der Waals surface area (Å²) in [6.45, 7) is 10.1. The predicted molar refractivity (Wildman–Crippen MR) is 69.2 cm³/mol. The molecule has 1 fully saturated rings. The van der Waals surface area contributed by atoms with Crippen LogP contribution in [-0.4, -0.2) is 70.4 Å². The third-order valence-corrected chi connectivity index (χ3v) is 3.88. The van der Waals surface area contributed by atoms with Crippen molar-refractivity contribution in [2.75, 3.05) is 45.8 Å². The molecule has 2 aliphatic rings. The van der Waals surface area contributed by atoms with E-state index in [9.17, 15) is 0 Å². The van der Waals surface area contributed by atoms with Crippen molar-refractivity contribution in [3.8, 4) is 0 Å². The van der Waals surface area contributed by atoms with Crippen LogP contribution in [0, 0.1) is 0 Å². The number of nitrogens with zero attached hydrogens (tertiary/aromatic N) is 5. The summed E-state index contributed by atoms with van der Waals surface area (Å²) < 4.78 is 2.16. The second-order valence-electron chi connectivity index (χ2n) is 5.16. The first kappa shape index (κ1) is 12.1. The van der Waals surface area contributed by atoms with Crippen molar-refractivity contribution in [1.82, 2.24) is 29.9 Å². The van der Waals surface area contributed by atoms with Crippen molar-refractivity contribution in [2.45, 2.75) is 19.5 Å². The molecule has 0 saturated carbocycles. The summed E-state index contributed by atoms with van der Waals surface area (Å²) in [7, 11) is 0. The number of aromatic nitrogens is 3. The number of fused-ring (bicyclic) bond motifs is 1. The van der Waals surface area contributed by atoms with Crippen LogP contribution in [0.3, 0.4) is 0 Å². The van der Waals surface area contributed by atoms with Gasteiger partial charge in [0.05, 0.1) is 6.54 Å². The van der Waals surface area contributed by atoms with Gasteiger partial charge in [0.1, 0.15) is 12.2 Å². The molecule has 0 bridgehead atoms. The maximum absolute atomic E-state index is 4.16. The van der Waals surface area contributed by atoms with Crippen molar-refractivity contribution in [3.05, 3.63) is 12.2 Å². The summed E-state index contributed by atoms with van der Waals surface area (Å²) in [5.41, 5.74) is 0. The summed E-state index contributed by atoms with van der Waals surface area (Å²) in [4.78, 5) is 5.06. The van der Waals surface area contributed by atoms with Crippen molar-refractivity contribution in [2.24, 2.45) is 0 Å². The van der Waals surface area contributed by atoms with Crippen LogP contribution >= 0.6 is 0 Å². The Morgan fingerprint density at radius 3 is 3.00 bits per heavy atom. The van der Waals surface area contributed by atoms with Crippen molar-refractivity contribution >= 4 is 0 Å². The minimum Gasteiger partial charge on any atom is -0.315 e. The van der Waals surface area contributed by atoms with Gasteiger partial charge in [-0.1, -0.05) is 0 Å². The van der Waals surface area contributed by atoms with E-state index in [4.69, 9.17) is 0 Å². The minimum atomic E-state index is 0.950. The summed E-state index contributed by atoms with van der Waals surface area (Å²) in [6.07, 6.45) is 3.11. The standard InChI is InChI=1S/C12H22N6/c1-2-13-3-5-16(4-1)6-7-17-8-9-18-11-14-15-12(18)10-17/h11,13H,1-10H2. The Hall–Kier alpha value is -0.980. The van der Waals surface area contributed by atoms with Crippen LogP contribution in [0.5, 0.6) is 0 Å². The number of hydrogen-bond acceptors (Lipinski definition) is 5. The van der Waals surface area contributed by atoms with E-state index in [-0.39, 0.29) is 0 Å². The van der Waals surface area contributed by atoms with E-state index in [0.717, 1.165) is 38.5 Å². The molecule has 0 aromatic carbocycles. The lowest BCUT2D eigenvalue weighted by Crippen LogP contribution is -2.40. The fourth-order valence-corrected chi connectivity index (χ4v) is 2.72. The molecule has 0 amide bonds. The third-order valence-electron chi connectivity index (χ3n) is 3.88. The normalized spacial score (nSPS) is 22.7. The summed E-state index contributed by atoms with van der Waals surface area (Å²) in [5, 5.41) is 11.6. The first-order chi connectivity index (χ1) is 8.92. The Morgan fingerprint density at radius 1 is 1.06 bits per heavy atom. The van der Waals surface area contributed by atoms with Crippen LogP contribution in [0.4, 0.5) is 0 Å². The summed E-state index contributed by atoms with van der Waals surface area (Å²) in [6, 6.07) is 0. The number of rotatable bonds is 3. The zero-order valence-corrected chi connectivity index (χ0v) is 10.9. The first-order valence-corrected chi connectivity index (χ1v) is 6.94. The predicted octanol–water partition coefficient (Wildman–Crippen LogP) is -0.611. The highest BCUT2D eigenvalue weighted by Gasteiger charge is 2.18. The topological polar surface area (TPSA) is 49.2 Å². The average molecular weight is 250 g/mol. The van der Waals surface area contributed by atoms with Crippen LogP contribution in [0.2, 0.25) is 0 Å². The zero-order chi connectivity index (χ0) is 12.2. The lowest BCUT2D eigenvalue weighted by atomic mass is 10.3. The Labute approximate surface area is 108 Å². The fourth-order valence-electron chi connectivity index (χ4n) is 2.72. The van der Waals surface area contributed by atoms with Gasteiger partial charge in [-0.2, -0.15) is 0 Å². The second kappa shape index (κ2) is 5.77. The SMILES string of the molecule is c1nnc2n1CCN(CCN1CCCNCC1)C2. The Kier molecular flexibility index (Phi) is 3.87. The monoisotopic (exact) mass is 250 g/mol. The van der Waals surface area contributed by atoms with Gasteiger partial charge in [0.25, 0.3) is 0 Å².